The van der Waals surface area contributed by atoms with Crippen molar-refractivity contribution < 1.29 is 37.8 Å². The molecule has 12 heteroatoms. The van der Waals surface area contributed by atoms with Crippen LogP contribution >= 0.6 is 0 Å². The quantitative estimate of drug-likeness (QED) is 0.301. The molecule has 0 aliphatic heterocycles. The highest BCUT2D eigenvalue weighted by Gasteiger charge is 2.20. The third kappa shape index (κ3) is 7.70. The number of para-hydroxylation sites is 1. The molecule has 11 nitrogen and oxygen atoms in total. The number of aromatic carboxylic acids is 2. The molecule has 0 bridgehead atoms. The van der Waals surface area contributed by atoms with Crippen molar-refractivity contribution in [3.05, 3.63) is 59.2 Å². The Morgan fingerprint density at radius 2 is 1.33 bits per heavy atom. The smallest absolute Gasteiger partial charge is 0.337 e. The summed E-state index contributed by atoms with van der Waals surface area (Å²) >= 11 is 0. The molecule has 0 radical (unpaired) electrons. The molecule has 0 aliphatic rings. The number of nitrogens with one attached hydrogen (secondary N) is 2. The van der Waals surface area contributed by atoms with Crippen LogP contribution in [0, 0.1) is 0 Å². The molecular formula is C21H23N3O8S. The number of carboxylic acids is 2. The molecule has 0 aliphatic carbocycles. The Kier molecular flexibility index (Phi) is 8.65. The first-order valence-electron chi connectivity index (χ1n) is 9.77. The van der Waals surface area contributed by atoms with E-state index in [0.29, 0.717) is 18.4 Å². The molecular weight excluding hydrogens is 454 g/mol. The van der Waals surface area contributed by atoms with Crippen molar-refractivity contribution in [2.24, 2.45) is 5.14 Å². The van der Waals surface area contributed by atoms with Crippen LogP contribution in [-0.2, 0) is 26.2 Å². The summed E-state index contributed by atoms with van der Waals surface area (Å²) in [7, 11) is -3.78. The zero-order valence-electron chi connectivity index (χ0n) is 17.4. The number of nitrogens with two attached hydrogens (primary N) is 1. The second-order valence-electron chi connectivity index (χ2n) is 7.06. The molecule has 0 fully saturated rings. The van der Waals surface area contributed by atoms with E-state index in [1.54, 1.807) is 0 Å². The Labute approximate surface area is 189 Å². The van der Waals surface area contributed by atoms with Crippen molar-refractivity contribution in [1.82, 2.24) is 5.32 Å². The Bertz CT molecular complexity index is 1130. The highest BCUT2D eigenvalue weighted by molar-refractivity contribution is 7.89. The monoisotopic (exact) mass is 477 g/mol. The number of benzene rings is 2. The van der Waals surface area contributed by atoms with Gasteiger partial charge in [-0.2, -0.15) is 0 Å². The van der Waals surface area contributed by atoms with Crippen LogP contribution in [0.4, 0.5) is 5.69 Å². The predicted octanol–water partition coefficient (Wildman–Crippen LogP) is 1.55. The lowest BCUT2D eigenvalue weighted by Gasteiger charge is -2.11. The van der Waals surface area contributed by atoms with Crippen molar-refractivity contribution in [3.8, 4) is 0 Å². The average Bonchev–Trinajstić information content (AvgIpc) is 2.74. The number of primary sulfonamides is 1. The number of hydrogen-bond acceptors (Lipinski definition) is 6. The van der Waals surface area contributed by atoms with E-state index in [1.807, 2.05) is 0 Å². The minimum atomic E-state index is -3.78. The molecule has 0 spiro atoms. The van der Waals surface area contributed by atoms with Crippen LogP contribution in [0.25, 0.3) is 0 Å². The molecule has 0 saturated carbocycles. The summed E-state index contributed by atoms with van der Waals surface area (Å²) in [6.45, 7) is 0.189. The van der Waals surface area contributed by atoms with Crippen molar-refractivity contribution in [2.75, 3.05) is 5.32 Å². The molecule has 176 valence electrons. The third-order valence-electron chi connectivity index (χ3n) is 4.59. The van der Waals surface area contributed by atoms with Gasteiger partial charge >= 0.3 is 11.9 Å². The summed E-state index contributed by atoms with van der Waals surface area (Å²) in [6.07, 6.45) is 0.792. The van der Waals surface area contributed by atoms with Gasteiger partial charge in [-0.3, -0.25) is 9.59 Å². The lowest BCUT2D eigenvalue weighted by molar-refractivity contribution is -0.121. The van der Waals surface area contributed by atoms with Gasteiger partial charge in [0, 0.05) is 19.4 Å². The molecule has 33 heavy (non-hydrogen) atoms. The number of rotatable bonds is 11. The number of carbonyl (C=O) groups excluding carboxylic acids is 2. The van der Waals surface area contributed by atoms with Crippen LogP contribution in [0.3, 0.4) is 0 Å². The molecule has 2 rings (SSSR count). The zero-order valence-corrected chi connectivity index (χ0v) is 18.2. The minimum absolute atomic E-state index is 0.0303. The van der Waals surface area contributed by atoms with Crippen LogP contribution in [0.15, 0.2) is 47.4 Å². The summed E-state index contributed by atoms with van der Waals surface area (Å²) in [5.41, 5.74) is -0.269. The normalized spacial score (nSPS) is 10.9. The Balaban J connectivity index is 1.79. The van der Waals surface area contributed by atoms with Crippen LogP contribution < -0.4 is 15.8 Å². The molecule has 0 saturated heterocycles. The Hall–Kier alpha value is -3.77. The van der Waals surface area contributed by atoms with Gasteiger partial charge in [0.25, 0.3) is 0 Å². The van der Waals surface area contributed by atoms with Gasteiger partial charge in [0.15, 0.2) is 0 Å². The summed E-state index contributed by atoms with van der Waals surface area (Å²) in [5.74, 6) is -3.58. The molecule has 2 aromatic carbocycles. The average molecular weight is 477 g/mol. The fraction of sp³-hybridized carbons (Fsp3) is 0.238. The number of sulfonamides is 1. The standard InChI is InChI=1S/C21H23N3O8S/c22-33(31,32)14-10-8-13(9-11-14)12-23-17(25)6-1-2-7-18(26)24-19-15(20(27)28)4-3-5-16(19)21(29)30/h3-5,8-11H,1-2,6-7,12H2,(H,23,25)(H,24,26)(H,27,28)(H,29,30)(H2,22,31,32). The maximum absolute atomic E-state index is 12.2. The highest BCUT2D eigenvalue weighted by Crippen LogP contribution is 2.22. The van der Waals surface area contributed by atoms with Gasteiger partial charge in [-0.05, 0) is 42.7 Å². The molecule has 0 atom stereocenters. The van der Waals surface area contributed by atoms with E-state index in [1.165, 1.54) is 42.5 Å². The van der Waals surface area contributed by atoms with Gasteiger partial charge in [0.2, 0.25) is 21.8 Å². The van der Waals surface area contributed by atoms with Gasteiger partial charge in [0.1, 0.15) is 0 Å². The van der Waals surface area contributed by atoms with Gasteiger partial charge in [-0.1, -0.05) is 18.2 Å². The number of amides is 2. The second-order valence-corrected chi connectivity index (χ2v) is 8.62. The summed E-state index contributed by atoms with van der Waals surface area (Å²) < 4.78 is 22.5. The topological polar surface area (TPSA) is 193 Å². The maximum atomic E-state index is 12.2. The lowest BCUT2D eigenvalue weighted by atomic mass is 10.1. The van der Waals surface area contributed by atoms with Crippen LogP contribution in [-0.4, -0.2) is 42.4 Å². The molecule has 0 heterocycles. The third-order valence-corrected chi connectivity index (χ3v) is 5.52. The minimum Gasteiger partial charge on any atom is -0.478 e. The SMILES string of the molecule is NS(=O)(=O)c1ccc(CNC(=O)CCCCC(=O)Nc2c(C(=O)O)cccc2C(=O)O)cc1. The van der Waals surface area contributed by atoms with E-state index in [9.17, 15) is 37.8 Å². The fourth-order valence-electron chi connectivity index (χ4n) is 2.90. The van der Waals surface area contributed by atoms with Gasteiger partial charge in [0.05, 0.1) is 21.7 Å². The van der Waals surface area contributed by atoms with E-state index in [-0.39, 0.29) is 47.0 Å². The van der Waals surface area contributed by atoms with E-state index < -0.39 is 27.9 Å². The Morgan fingerprint density at radius 1 is 0.818 bits per heavy atom. The summed E-state index contributed by atoms with van der Waals surface area (Å²) in [4.78, 5) is 46.7. The van der Waals surface area contributed by atoms with E-state index in [0.717, 1.165) is 0 Å². The second kappa shape index (κ2) is 11.2. The van der Waals surface area contributed by atoms with E-state index >= 15 is 0 Å². The largest absolute Gasteiger partial charge is 0.478 e. The van der Waals surface area contributed by atoms with Crippen LogP contribution in [0.2, 0.25) is 0 Å². The van der Waals surface area contributed by atoms with Gasteiger partial charge < -0.3 is 20.8 Å². The highest BCUT2D eigenvalue weighted by atomic mass is 32.2. The van der Waals surface area contributed by atoms with Crippen molar-refractivity contribution >= 4 is 39.5 Å². The van der Waals surface area contributed by atoms with Gasteiger partial charge in [-0.25, -0.2) is 23.1 Å². The molecule has 6 N–H and O–H groups in total. The van der Waals surface area contributed by atoms with Crippen molar-refractivity contribution in [3.63, 3.8) is 0 Å². The number of hydrogen-bond donors (Lipinski definition) is 5. The first-order chi connectivity index (χ1) is 15.5. The number of anilines is 1. The molecule has 2 aromatic rings. The first-order valence-corrected chi connectivity index (χ1v) is 11.3. The lowest BCUT2D eigenvalue weighted by Crippen LogP contribution is -2.22. The van der Waals surface area contributed by atoms with Crippen LogP contribution in [0.5, 0.6) is 0 Å². The summed E-state index contributed by atoms with van der Waals surface area (Å²) in [6, 6.07) is 9.40. The number of unbranched alkanes of at least 4 members (excludes halogenated alkanes) is 1. The Morgan fingerprint density at radius 3 is 1.82 bits per heavy atom. The molecule has 0 unspecified atom stereocenters. The molecule has 0 aromatic heterocycles. The summed E-state index contributed by atoms with van der Waals surface area (Å²) in [5, 5.41) is 28.5. The van der Waals surface area contributed by atoms with E-state index in [4.69, 9.17) is 5.14 Å². The van der Waals surface area contributed by atoms with Gasteiger partial charge in [-0.15, -0.1) is 0 Å². The number of carboxylic acid groups (broad SMARTS) is 2. The first kappa shape index (κ1) is 25.5. The molecule has 2 amide bonds. The van der Waals surface area contributed by atoms with Crippen LogP contribution in [0.1, 0.15) is 52.0 Å². The number of carbonyl (C=O) groups is 4. The van der Waals surface area contributed by atoms with E-state index in [2.05, 4.69) is 10.6 Å². The fourth-order valence-corrected chi connectivity index (χ4v) is 3.42. The zero-order chi connectivity index (χ0) is 24.6. The van der Waals surface area contributed by atoms with Crippen molar-refractivity contribution in [2.45, 2.75) is 37.1 Å². The maximum Gasteiger partial charge on any atom is 0.337 e. The predicted molar refractivity (Wildman–Crippen MR) is 117 cm³/mol. The van der Waals surface area contributed by atoms with Crippen molar-refractivity contribution in [1.29, 1.82) is 0 Å².